The molecule has 226 valence electrons. The fourth-order valence-electron chi connectivity index (χ4n) is 4.09. The third-order valence-corrected chi connectivity index (χ3v) is 8.20. The number of halogens is 3. The topological polar surface area (TPSA) is 96.0 Å². The molecule has 2 amide bonds. The molecule has 0 aliphatic carbocycles. The van der Waals surface area contributed by atoms with E-state index >= 15 is 0 Å². The maximum Gasteiger partial charge on any atom is 0.416 e. The van der Waals surface area contributed by atoms with Gasteiger partial charge in [-0.15, -0.1) is 0 Å². The van der Waals surface area contributed by atoms with E-state index in [1.54, 1.807) is 30.3 Å². The third kappa shape index (κ3) is 8.25. The molecule has 1 atom stereocenters. The van der Waals surface area contributed by atoms with E-state index in [9.17, 15) is 31.2 Å². The number of alkyl halides is 3. The second kappa shape index (κ2) is 13.7. The summed E-state index contributed by atoms with van der Waals surface area (Å²) >= 11 is 0. The van der Waals surface area contributed by atoms with Crippen LogP contribution in [0.2, 0.25) is 0 Å². The highest BCUT2D eigenvalue weighted by Gasteiger charge is 2.35. The number of sulfonamides is 1. The van der Waals surface area contributed by atoms with Crippen molar-refractivity contribution in [1.29, 1.82) is 0 Å². The third-order valence-electron chi connectivity index (χ3n) is 6.41. The minimum atomic E-state index is -4.75. The maximum absolute atomic E-state index is 13.9. The van der Waals surface area contributed by atoms with Gasteiger partial charge in [0.15, 0.2) is 0 Å². The average molecular weight is 606 g/mol. The molecule has 3 rings (SSSR count). The second-order valence-corrected chi connectivity index (χ2v) is 11.9. The Hall–Kier alpha value is -4.06. The van der Waals surface area contributed by atoms with Crippen molar-refractivity contribution in [2.75, 3.05) is 24.5 Å². The first-order valence-electron chi connectivity index (χ1n) is 13.2. The van der Waals surface area contributed by atoms with Crippen LogP contribution in [0.25, 0.3) is 0 Å². The largest absolute Gasteiger partial charge is 0.497 e. The lowest BCUT2D eigenvalue weighted by atomic mass is 10.1. The highest BCUT2D eigenvalue weighted by atomic mass is 32.2. The van der Waals surface area contributed by atoms with Crippen molar-refractivity contribution in [3.05, 3.63) is 90.0 Å². The van der Waals surface area contributed by atoms with E-state index in [-0.39, 0.29) is 23.0 Å². The Labute approximate surface area is 244 Å². The zero-order chi connectivity index (χ0) is 31.1. The SMILES string of the molecule is COc1cccc(CN(C(=O)CN(c2cccc(C(F)(F)F)c2)S(=O)(=O)c2ccccc2)C(C)C(=O)NCC(C)C)c1. The van der Waals surface area contributed by atoms with Crippen LogP contribution in [0.3, 0.4) is 0 Å². The lowest BCUT2D eigenvalue weighted by molar-refractivity contribution is -0.139. The predicted molar refractivity (Wildman–Crippen MR) is 153 cm³/mol. The van der Waals surface area contributed by atoms with E-state index in [1.807, 2.05) is 13.8 Å². The van der Waals surface area contributed by atoms with E-state index in [2.05, 4.69) is 5.32 Å². The lowest BCUT2D eigenvalue weighted by Crippen LogP contribution is -2.51. The summed E-state index contributed by atoms with van der Waals surface area (Å²) in [6.45, 7) is 4.73. The molecule has 0 heterocycles. The van der Waals surface area contributed by atoms with E-state index in [0.717, 1.165) is 12.1 Å². The van der Waals surface area contributed by atoms with Crippen molar-refractivity contribution in [3.63, 3.8) is 0 Å². The van der Waals surface area contributed by atoms with Crippen molar-refractivity contribution < 1.29 is 35.9 Å². The Kier molecular flexibility index (Phi) is 10.6. The normalized spacial score (nSPS) is 12.5. The van der Waals surface area contributed by atoms with Gasteiger partial charge in [0.25, 0.3) is 10.0 Å². The Morgan fingerprint density at radius 3 is 2.21 bits per heavy atom. The lowest BCUT2D eigenvalue weighted by Gasteiger charge is -2.32. The van der Waals surface area contributed by atoms with Crippen molar-refractivity contribution in [3.8, 4) is 5.75 Å². The maximum atomic E-state index is 13.9. The van der Waals surface area contributed by atoms with Gasteiger partial charge in [0.1, 0.15) is 18.3 Å². The van der Waals surface area contributed by atoms with Gasteiger partial charge in [-0.05, 0) is 60.9 Å². The van der Waals surface area contributed by atoms with Crippen LogP contribution >= 0.6 is 0 Å². The van der Waals surface area contributed by atoms with E-state index in [4.69, 9.17) is 4.74 Å². The number of nitrogens with zero attached hydrogens (tertiary/aromatic N) is 2. The molecule has 1 N–H and O–H groups in total. The zero-order valence-electron chi connectivity index (χ0n) is 23.8. The number of nitrogens with one attached hydrogen (secondary N) is 1. The van der Waals surface area contributed by atoms with Gasteiger partial charge in [0.2, 0.25) is 11.8 Å². The predicted octanol–water partition coefficient (Wildman–Crippen LogP) is 5.10. The van der Waals surface area contributed by atoms with Gasteiger partial charge in [-0.3, -0.25) is 13.9 Å². The van der Waals surface area contributed by atoms with Gasteiger partial charge < -0.3 is 15.0 Å². The molecular weight excluding hydrogens is 571 g/mol. The molecule has 0 bridgehead atoms. The highest BCUT2D eigenvalue weighted by molar-refractivity contribution is 7.92. The number of carbonyl (C=O) groups excluding carboxylic acids is 2. The Bertz CT molecular complexity index is 1480. The van der Waals surface area contributed by atoms with E-state index in [0.29, 0.717) is 28.2 Å². The summed E-state index contributed by atoms with van der Waals surface area (Å²) in [5.41, 5.74) is -0.821. The van der Waals surface area contributed by atoms with Crippen molar-refractivity contribution in [2.24, 2.45) is 5.92 Å². The molecule has 0 aromatic heterocycles. The minimum absolute atomic E-state index is 0.0892. The number of amides is 2. The number of benzene rings is 3. The number of rotatable bonds is 12. The highest BCUT2D eigenvalue weighted by Crippen LogP contribution is 2.33. The summed E-state index contributed by atoms with van der Waals surface area (Å²) in [5.74, 6) is -0.608. The summed E-state index contributed by atoms with van der Waals surface area (Å²) < 4.78 is 74.1. The Morgan fingerprint density at radius 2 is 1.60 bits per heavy atom. The fraction of sp³-hybridized carbons (Fsp3) is 0.333. The van der Waals surface area contributed by atoms with Gasteiger partial charge in [-0.1, -0.05) is 50.2 Å². The second-order valence-electron chi connectivity index (χ2n) is 10.1. The molecule has 0 saturated heterocycles. The smallest absolute Gasteiger partial charge is 0.416 e. The number of methoxy groups -OCH3 is 1. The standard InChI is InChI=1S/C30H34F3N3O5S/c1-21(2)18-34-29(38)22(3)35(19-23-10-8-13-26(16-23)41-4)28(37)20-36(42(39,40)27-14-6-5-7-15-27)25-12-9-11-24(17-25)30(31,32)33/h5-17,21-22H,18-20H2,1-4H3,(H,34,38). The molecule has 0 radical (unpaired) electrons. The number of carbonyl (C=O) groups is 2. The van der Waals surface area contributed by atoms with Gasteiger partial charge in [0, 0.05) is 13.1 Å². The van der Waals surface area contributed by atoms with Crippen LogP contribution < -0.4 is 14.4 Å². The Balaban J connectivity index is 2.07. The first-order valence-corrected chi connectivity index (χ1v) is 14.6. The molecule has 3 aromatic carbocycles. The Morgan fingerprint density at radius 1 is 0.929 bits per heavy atom. The summed E-state index contributed by atoms with van der Waals surface area (Å²) in [4.78, 5) is 28.0. The molecule has 0 spiro atoms. The number of hydrogen-bond donors (Lipinski definition) is 1. The molecular formula is C30H34F3N3O5S. The van der Waals surface area contributed by atoms with E-state index in [1.165, 1.54) is 49.3 Å². The van der Waals surface area contributed by atoms with Crippen LogP contribution in [0, 0.1) is 5.92 Å². The molecule has 0 aliphatic heterocycles. The first-order chi connectivity index (χ1) is 19.7. The molecule has 0 aliphatic rings. The zero-order valence-corrected chi connectivity index (χ0v) is 24.6. The van der Waals surface area contributed by atoms with Gasteiger partial charge in [0.05, 0.1) is 23.3 Å². The summed E-state index contributed by atoms with van der Waals surface area (Å²) in [7, 11) is -3.02. The first kappa shape index (κ1) is 32.5. The molecule has 3 aromatic rings. The van der Waals surface area contributed by atoms with Gasteiger partial charge >= 0.3 is 6.18 Å². The summed E-state index contributed by atoms with van der Waals surface area (Å²) in [6, 6.07) is 16.6. The molecule has 12 heteroatoms. The van der Waals surface area contributed by atoms with Gasteiger partial charge in [-0.2, -0.15) is 13.2 Å². The number of ether oxygens (including phenoxy) is 1. The minimum Gasteiger partial charge on any atom is -0.497 e. The van der Waals surface area contributed by atoms with Crippen LogP contribution in [0.15, 0.2) is 83.8 Å². The van der Waals surface area contributed by atoms with E-state index < -0.39 is 46.2 Å². The van der Waals surface area contributed by atoms with Crippen molar-refractivity contribution in [1.82, 2.24) is 10.2 Å². The monoisotopic (exact) mass is 605 g/mol. The molecule has 42 heavy (non-hydrogen) atoms. The van der Waals surface area contributed by atoms with Crippen LogP contribution in [0.1, 0.15) is 31.9 Å². The number of anilines is 1. The average Bonchev–Trinajstić information content (AvgIpc) is 2.97. The van der Waals surface area contributed by atoms with Crippen molar-refractivity contribution >= 4 is 27.5 Å². The molecule has 0 saturated carbocycles. The van der Waals surface area contributed by atoms with Crippen LogP contribution in [0.5, 0.6) is 5.75 Å². The van der Waals surface area contributed by atoms with Crippen LogP contribution in [-0.2, 0) is 32.3 Å². The molecule has 0 fully saturated rings. The van der Waals surface area contributed by atoms with Gasteiger partial charge in [-0.25, -0.2) is 8.42 Å². The quantitative estimate of drug-likeness (QED) is 0.310. The number of hydrogen-bond acceptors (Lipinski definition) is 5. The molecule has 1 unspecified atom stereocenters. The molecule has 8 nitrogen and oxygen atoms in total. The van der Waals surface area contributed by atoms with Crippen LogP contribution in [-0.4, -0.2) is 51.4 Å². The van der Waals surface area contributed by atoms with Crippen LogP contribution in [0.4, 0.5) is 18.9 Å². The van der Waals surface area contributed by atoms with Crippen molar-refractivity contribution in [2.45, 2.75) is 44.4 Å². The fourth-order valence-corrected chi connectivity index (χ4v) is 5.52. The summed E-state index contributed by atoms with van der Waals surface area (Å²) in [6.07, 6.45) is -4.75. The summed E-state index contributed by atoms with van der Waals surface area (Å²) in [5, 5.41) is 2.78.